The normalized spacial score (nSPS) is 15.1. The lowest BCUT2D eigenvalue weighted by Crippen LogP contribution is -2.56. The lowest BCUT2D eigenvalue weighted by molar-refractivity contribution is -0.131. The van der Waals surface area contributed by atoms with Gasteiger partial charge in [0.25, 0.3) is 0 Å². The van der Waals surface area contributed by atoms with Gasteiger partial charge < -0.3 is 19.9 Å². The zero-order valence-electron chi connectivity index (χ0n) is 15.3. The van der Waals surface area contributed by atoms with Gasteiger partial charge in [0.1, 0.15) is 0 Å². The van der Waals surface area contributed by atoms with Crippen LogP contribution in [0.3, 0.4) is 0 Å². The summed E-state index contributed by atoms with van der Waals surface area (Å²) in [6, 6.07) is 4.42. The van der Waals surface area contributed by atoms with Gasteiger partial charge in [-0.25, -0.2) is 9.18 Å². The molecule has 138 valence electrons. The molecule has 0 radical (unpaired) electrons. The quantitative estimate of drug-likeness (QED) is 0.906. The summed E-state index contributed by atoms with van der Waals surface area (Å²) in [6.45, 7) is 7.73. The highest BCUT2D eigenvalue weighted by Gasteiger charge is 2.26. The van der Waals surface area contributed by atoms with Crippen molar-refractivity contribution in [2.24, 2.45) is 0 Å². The molecule has 1 saturated heterocycles. The first-order valence-corrected chi connectivity index (χ1v) is 8.37. The minimum atomic E-state index is -0.475. The molecule has 0 aliphatic carbocycles. The average Bonchev–Trinajstić information content (AvgIpc) is 2.53. The molecule has 0 saturated carbocycles. The second-order valence-electron chi connectivity index (χ2n) is 7.19. The summed E-state index contributed by atoms with van der Waals surface area (Å²) in [7, 11) is 1.40. The monoisotopic (exact) mass is 351 g/mol. The van der Waals surface area contributed by atoms with Gasteiger partial charge in [0, 0.05) is 31.7 Å². The predicted molar refractivity (Wildman–Crippen MR) is 93.1 cm³/mol. The van der Waals surface area contributed by atoms with E-state index in [0.717, 1.165) is 0 Å². The van der Waals surface area contributed by atoms with Crippen molar-refractivity contribution < 1.29 is 18.7 Å². The van der Waals surface area contributed by atoms with E-state index in [0.29, 0.717) is 31.7 Å². The summed E-state index contributed by atoms with van der Waals surface area (Å²) in [4.78, 5) is 28.0. The number of urea groups is 1. The van der Waals surface area contributed by atoms with Crippen LogP contribution in [0.2, 0.25) is 0 Å². The Hall–Kier alpha value is -2.31. The van der Waals surface area contributed by atoms with E-state index in [1.165, 1.54) is 19.2 Å². The van der Waals surface area contributed by atoms with Gasteiger partial charge in [-0.3, -0.25) is 4.79 Å². The molecule has 1 N–H and O–H groups in total. The Balaban J connectivity index is 1.87. The van der Waals surface area contributed by atoms with E-state index >= 15 is 0 Å². The minimum absolute atomic E-state index is 0.0690. The number of hydrogen-bond acceptors (Lipinski definition) is 3. The topological polar surface area (TPSA) is 61.9 Å². The molecular formula is C18H26FN3O3. The fourth-order valence-electron chi connectivity index (χ4n) is 2.67. The molecule has 0 unspecified atom stereocenters. The van der Waals surface area contributed by atoms with Crippen LogP contribution in [0.25, 0.3) is 0 Å². The van der Waals surface area contributed by atoms with Gasteiger partial charge in [0.2, 0.25) is 5.91 Å². The first kappa shape index (κ1) is 19.0. The number of carbonyl (C=O) groups excluding carboxylic acids is 2. The van der Waals surface area contributed by atoms with Gasteiger partial charge in [0.05, 0.1) is 13.5 Å². The van der Waals surface area contributed by atoms with Gasteiger partial charge in [-0.1, -0.05) is 6.07 Å². The maximum absolute atomic E-state index is 13.7. The Morgan fingerprint density at radius 3 is 2.28 bits per heavy atom. The number of amides is 3. The van der Waals surface area contributed by atoms with E-state index in [9.17, 15) is 14.0 Å². The summed E-state index contributed by atoms with van der Waals surface area (Å²) >= 11 is 0. The standard InChI is InChI=1S/C18H26FN3O3/c1-18(2,3)20-17(24)22-9-7-21(8-10-22)16(23)12-13-5-6-15(25-4)14(19)11-13/h5-6,11H,7-10,12H2,1-4H3,(H,20,24). The zero-order chi connectivity index (χ0) is 18.6. The van der Waals surface area contributed by atoms with Crippen LogP contribution in [-0.4, -0.2) is 60.6 Å². The number of methoxy groups -OCH3 is 1. The van der Waals surface area contributed by atoms with Gasteiger partial charge in [-0.2, -0.15) is 0 Å². The van der Waals surface area contributed by atoms with Crippen LogP contribution in [0.4, 0.5) is 9.18 Å². The van der Waals surface area contributed by atoms with Crippen LogP contribution in [-0.2, 0) is 11.2 Å². The van der Waals surface area contributed by atoms with Crippen LogP contribution in [0.1, 0.15) is 26.3 Å². The van der Waals surface area contributed by atoms with E-state index in [-0.39, 0.29) is 29.6 Å². The molecule has 0 atom stereocenters. The predicted octanol–water partition coefficient (Wildman–Crippen LogP) is 2.03. The third-order valence-electron chi connectivity index (χ3n) is 3.97. The molecule has 7 heteroatoms. The van der Waals surface area contributed by atoms with E-state index in [2.05, 4.69) is 5.32 Å². The van der Waals surface area contributed by atoms with E-state index < -0.39 is 5.82 Å². The zero-order valence-corrected chi connectivity index (χ0v) is 15.3. The molecule has 1 aliphatic rings. The van der Waals surface area contributed by atoms with E-state index in [1.54, 1.807) is 15.9 Å². The lowest BCUT2D eigenvalue weighted by Gasteiger charge is -2.36. The third-order valence-corrected chi connectivity index (χ3v) is 3.97. The molecule has 1 fully saturated rings. The Kier molecular flexibility index (Phi) is 5.87. The molecule has 3 amide bonds. The molecule has 2 rings (SSSR count). The number of piperazine rings is 1. The Morgan fingerprint density at radius 1 is 1.16 bits per heavy atom. The minimum Gasteiger partial charge on any atom is -0.494 e. The molecule has 0 aromatic heterocycles. The highest BCUT2D eigenvalue weighted by Crippen LogP contribution is 2.18. The van der Waals surface area contributed by atoms with Gasteiger partial charge in [-0.15, -0.1) is 0 Å². The number of halogens is 1. The lowest BCUT2D eigenvalue weighted by atomic mass is 10.1. The molecule has 25 heavy (non-hydrogen) atoms. The van der Waals surface area contributed by atoms with E-state index in [4.69, 9.17) is 4.74 Å². The largest absolute Gasteiger partial charge is 0.494 e. The first-order chi connectivity index (χ1) is 11.7. The molecule has 1 aromatic rings. The second kappa shape index (κ2) is 7.72. The van der Waals surface area contributed by atoms with Crippen molar-refractivity contribution >= 4 is 11.9 Å². The van der Waals surface area contributed by atoms with E-state index in [1.807, 2.05) is 20.8 Å². The van der Waals surface area contributed by atoms with Crippen LogP contribution in [0, 0.1) is 5.82 Å². The van der Waals surface area contributed by atoms with Crippen molar-refractivity contribution in [3.05, 3.63) is 29.6 Å². The van der Waals surface area contributed by atoms with Crippen molar-refractivity contribution in [1.29, 1.82) is 0 Å². The van der Waals surface area contributed by atoms with Crippen molar-refractivity contribution in [2.45, 2.75) is 32.7 Å². The molecule has 6 nitrogen and oxygen atoms in total. The molecule has 1 aliphatic heterocycles. The Morgan fingerprint density at radius 2 is 1.76 bits per heavy atom. The fourth-order valence-corrected chi connectivity index (χ4v) is 2.67. The number of benzene rings is 1. The highest BCUT2D eigenvalue weighted by atomic mass is 19.1. The average molecular weight is 351 g/mol. The molecule has 0 bridgehead atoms. The van der Waals surface area contributed by atoms with Crippen molar-refractivity contribution in [3.8, 4) is 5.75 Å². The number of hydrogen-bond donors (Lipinski definition) is 1. The maximum atomic E-state index is 13.7. The SMILES string of the molecule is COc1ccc(CC(=O)N2CCN(C(=O)NC(C)(C)C)CC2)cc1F. The first-order valence-electron chi connectivity index (χ1n) is 8.37. The highest BCUT2D eigenvalue weighted by molar-refractivity contribution is 5.80. The van der Waals surface area contributed by atoms with Gasteiger partial charge >= 0.3 is 6.03 Å². The van der Waals surface area contributed by atoms with Crippen LogP contribution < -0.4 is 10.1 Å². The van der Waals surface area contributed by atoms with Crippen molar-refractivity contribution in [2.75, 3.05) is 33.3 Å². The number of nitrogens with one attached hydrogen (secondary N) is 1. The van der Waals surface area contributed by atoms with Crippen LogP contribution >= 0.6 is 0 Å². The van der Waals surface area contributed by atoms with Gasteiger partial charge in [0.15, 0.2) is 11.6 Å². The number of carbonyl (C=O) groups is 2. The number of rotatable bonds is 3. The Labute approximate surface area is 147 Å². The second-order valence-corrected chi connectivity index (χ2v) is 7.19. The summed E-state index contributed by atoms with van der Waals surface area (Å²) in [5.41, 5.74) is 0.318. The van der Waals surface area contributed by atoms with Gasteiger partial charge in [-0.05, 0) is 38.5 Å². The Bertz CT molecular complexity index is 635. The van der Waals surface area contributed by atoms with Crippen LogP contribution in [0.5, 0.6) is 5.75 Å². The summed E-state index contributed by atoms with van der Waals surface area (Å²) < 4.78 is 18.6. The third kappa shape index (κ3) is 5.34. The number of nitrogens with zero attached hydrogens (tertiary/aromatic N) is 2. The van der Waals surface area contributed by atoms with Crippen molar-refractivity contribution in [3.63, 3.8) is 0 Å². The molecular weight excluding hydrogens is 325 g/mol. The number of ether oxygens (including phenoxy) is 1. The summed E-state index contributed by atoms with van der Waals surface area (Å²) in [6.07, 6.45) is 0.134. The molecule has 0 spiro atoms. The molecule has 1 aromatic carbocycles. The van der Waals surface area contributed by atoms with Crippen molar-refractivity contribution in [1.82, 2.24) is 15.1 Å². The fraction of sp³-hybridized carbons (Fsp3) is 0.556. The van der Waals surface area contributed by atoms with Crippen LogP contribution in [0.15, 0.2) is 18.2 Å². The molecule has 1 heterocycles. The summed E-state index contributed by atoms with van der Waals surface area (Å²) in [5, 5.41) is 2.92. The maximum Gasteiger partial charge on any atom is 0.317 e. The smallest absolute Gasteiger partial charge is 0.317 e. The summed E-state index contributed by atoms with van der Waals surface area (Å²) in [5.74, 6) is -0.383.